The van der Waals surface area contributed by atoms with E-state index in [9.17, 15) is 5.26 Å². The minimum atomic E-state index is 0.0648. The molecule has 0 aromatic rings. The number of rotatable bonds is 9. The molecule has 0 saturated heterocycles. The van der Waals surface area contributed by atoms with Gasteiger partial charge < -0.3 is 0 Å². The first-order chi connectivity index (χ1) is 11.2. The summed E-state index contributed by atoms with van der Waals surface area (Å²) in [5.41, 5.74) is 0.0648. The Bertz CT molecular complexity index is 369. The van der Waals surface area contributed by atoms with Crippen molar-refractivity contribution in [1.29, 1.82) is 5.26 Å². The first-order valence-electron chi connectivity index (χ1n) is 10.6. The number of hydrogen-bond acceptors (Lipinski definition) is 1. The van der Waals surface area contributed by atoms with E-state index < -0.39 is 0 Å². The van der Waals surface area contributed by atoms with Gasteiger partial charge in [-0.1, -0.05) is 78.1 Å². The van der Waals surface area contributed by atoms with E-state index in [-0.39, 0.29) is 5.41 Å². The average molecular weight is 318 g/mol. The van der Waals surface area contributed by atoms with Crippen LogP contribution in [0.1, 0.15) is 110 Å². The van der Waals surface area contributed by atoms with Crippen molar-refractivity contribution in [1.82, 2.24) is 0 Å². The Kier molecular flexibility index (Phi) is 7.94. The smallest absolute Gasteiger partial charge is 0.0692 e. The molecular formula is C22H39N. The zero-order valence-corrected chi connectivity index (χ0v) is 15.8. The molecule has 0 radical (unpaired) electrons. The van der Waals surface area contributed by atoms with E-state index in [1.54, 1.807) is 0 Å². The zero-order valence-electron chi connectivity index (χ0n) is 15.8. The van der Waals surface area contributed by atoms with Gasteiger partial charge in [-0.3, -0.25) is 0 Å². The SMILES string of the molecule is CCCCCCCC1CCC2(C#N)CC(CCCC)CCC2C1. The second kappa shape index (κ2) is 9.71. The summed E-state index contributed by atoms with van der Waals surface area (Å²) in [5, 5.41) is 9.93. The van der Waals surface area contributed by atoms with Crippen molar-refractivity contribution in [2.24, 2.45) is 23.2 Å². The Morgan fingerprint density at radius 2 is 1.61 bits per heavy atom. The average Bonchev–Trinajstić information content (AvgIpc) is 2.59. The van der Waals surface area contributed by atoms with E-state index in [4.69, 9.17) is 0 Å². The van der Waals surface area contributed by atoms with Crippen LogP contribution in [-0.4, -0.2) is 0 Å². The van der Waals surface area contributed by atoms with Crippen LogP contribution < -0.4 is 0 Å². The standard InChI is InChI=1S/C22H39N/c1-3-5-7-8-9-11-19-14-15-22(18-23)17-20(10-6-4-2)12-13-21(22)16-19/h19-21H,3-17H2,1-2H3. The maximum Gasteiger partial charge on any atom is 0.0692 e. The lowest BCUT2D eigenvalue weighted by molar-refractivity contribution is 0.0367. The summed E-state index contributed by atoms with van der Waals surface area (Å²) in [6, 6.07) is 2.83. The van der Waals surface area contributed by atoms with Gasteiger partial charge in [-0.2, -0.15) is 5.26 Å². The zero-order chi connectivity index (χ0) is 16.5. The van der Waals surface area contributed by atoms with Crippen LogP contribution in [0, 0.1) is 34.5 Å². The molecule has 2 aliphatic carbocycles. The largest absolute Gasteiger partial charge is 0.198 e. The molecule has 0 aromatic heterocycles. The molecule has 0 heterocycles. The van der Waals surface area contributed by atoms with Crippen LogP contribution >= 0.6 is 0 Å². The maximum atomic E-state index is 9.93. The van der Waals surface area contributed by atoms with Crippen molar-refractivity contribution < 1.29 is 0 Å². The number of nitrogens with zero attached hydrogens (tertiary/aromatic N) is 1. The summed E-state index contributed by atoms with van der Waals surface area (Å²) in [6.07, 6.45) is 20.4. The minimum absolute atomic E-state index is 0.0648. The predicted molar refractivity (Wildman–Crippen MR) is 99.1 cm³/mol. The third-order valence-electron chi connectivity index (χ3n) is 6.88. The third-order valence-corrected chi connectivity index (χ3v) is 6.88. The number of unbranched alkanes of at least 4 members (excludes halogenated alkanes) is 5. The summed E-state index contributed by atoms with van der Waals surface area (Å²) in [4.78, 5) is 0. The van der Waals surface area contributed by atoms with Gasteiger partial charge in [-0.05, 0) is 49.9 Å². The van der Waals surface area contributed by atoms with Crippen LogP contribution in [-0.2, 0) is 0 Å². The number of nitriles is 1. The topological polar surface area (TPSA) is 23.8 Å². The lowest BCUT2D eigenvalue weighted by Crippen LogP contribution is -2.40. The van der Waals surface area contributed by atoms with Crippen molar-refractivity contribution in [2.45, 2.75) is 110 Å². The summed E-state index contributed by atoms with van der Waals surface area (Å²) < 4.78 is 0. The van der Waals surface area contributed by atoms with Gasteiger partial charge in [0.1, 0.15) is 0 Å². The second-order valence-corrected chi connectivity index (χ2v) is 8.60. The molecule has 1 heteroatoms. The van der Waals surface area contributed by atoms with Crippen molar-refractivity contribution in [3.8, 4) is 6.07 Å². The molecule has 23 heavy (non-hydrogen) atoms. The number of hydrogen-bond donors (Lipinski definition) is 0. The van der Waals surface area contributed by atoms with E-state index in [0.29, 0.717) is 0 Å². The molecule has 0 aliphatic heterocycles. The van der Waals surface area contributed by atoms with Gasteiger partial charge in [0.05, 0.1) is 11.5 Å². The van der Waals surface area contributed by atoms with Gasteiger partial charge in [0, 0.05) is 0 Å². The third kappa shape index (κ3) is 5.23. The van der Waals surface area contributed by atoms with Crippen LogP contribution in [0.15, 0.2) is 0 Å². The van der Waals surface area contributed by atoms with E-state index in [2.05, 4.69) is 19.9 Å². The molecule has 0 amide bonds. The highest BCUT2D eigenvalue weighted by Crippen LogP contribution is 2.54. The van der Waals surface area contributed by atoms with Gasteiger partial charge in [0.15, 0.2) is 0 Å². The lowest BCUT2D eigenvalue weighted by atomic mass is 9.55. The molecule has 0 aromatic carbocycles. The fourth-order valence-corrected chi connectivity index (χ4v) is 5.36. The van der Waals surface area contributed by atoms with E-state index in [1.807, 2.05) is 0 Å². The van der Waals surface area contributed by atoms with Crippen LogP contribution in [0.25, 0.3) is 0 Å². The van der Waals surface area contributed by atoms with Gasteiger partial charge >= 0.3 is 0 Å². The second-order valence-electron chi connectivity index (χ2n) is 8.60. The molecule has 0 spiro atoms. The van der Waals surface area contributed by atoms with E-state index >= 15 is 0 Å². The van der Waals surface area contributed by atoms with Crippen molar-refractivity contribution >= 4 is 0 Å². The Hall–Kier alpha value is -0.510. The van der Waals surface area contributed by atoms with Crippen LogP contribution in [0.5, 0.6) is 0 Å². The molecular weight excluding hydrogens is 278 g/mol. The van der Waals surface area contributed by atoms with E-state index in [1.165, 1.54) is 96.3 Å². The molecule has 2 aliphatic rings. The van der Waals surface area contributed by atoms with Gasteiger partial charge in [-0.25, -0.2) is 0 Å². The van der Waals surface area contributed by atoms with Crippen LogP contribution in [0.2, 0.25) is 0 Å². The fourth-order valence-electron chi connectivity index (χ4n) is 5.36. The van der Waals surface area contributed by atoms with Crippen molar-refractivity contribution in [3.05, 3.63) is 0 Å². The predicted octanol–water partition coefficient (Wildman–Crippen LogP) is 7.26. The molecule has 4 unspecified atom stereocenters. The highest BCUT2D eigenvalue weighted by molar-refractivity contribution is 5.08. The quantitative estimate of drug-likeness (QED) is 0.410. The lowest BCUT2D eigenvalue weighted by Gasteiger charge is -2.48. The normalized spacial score (nSPS) is 33.9. The summed E-state index contributed by atoms with van der Waals surface area (Å²) in [7, 11) is 0. The van der Waals surface area contributed by atoms with Gasteiger partial charge in [-0.15, -0.1) is 0 Å². The molecule has 2 rings (SSSR count). The van der Waals surface area contributed by atoms with Crippen molar-refractivity contribution in [3.63, 3.8) is 0 Å². The molecule has 2 saturated carbocycles. The van der Waals surface area contributed by atoms with Gasteiger partial charge in [0.25, 0.3) is 0 Å². The summed E-state index contributed by atoms with van der Waals surface area (Å²) in [6.45, 7) is 4.58. The summed E-state index contributed by atoms with van der Waals surface area (Å²) >= 11 is 0. The highest BCUT2D eigenvalue weighted by atomic mass is 14.5. The molecule has 4 atom stereocenters. The number of fused-ring (bicyclic) bond motifs is 1. The van der Waals surface area contributed by atoms with Crippen LogP contribution in [0.3, 0.4) is 0 Å². The Morgan fingerprint density at radius 1 is 0.870 bits per heavy atom. The minimum Gasteiger partial charge on any atom is -0.198 e. The van der Waals surface area contributed by atoms with Crippen LogP contribution in [0.4, 0.5) is 0 Å². The Morgan fingerprint density at radius 3 is 2.35 bits per heavy atom. The maximum absolute atomic E-state index is 9.93. The highest BCUT2D eigenvalue weighted by Gasteiger charge is 2.47. The molecule has 0 bridgehead atoms. The summed E-state index contributed by atoms with van der Waals surface area (Å²) in [5.74, 6) is 2.49. The Labute approximate surface area is 145 Å². The first-order valence-corrected chi connectivity index (χ1v) is 10.6. The molecule has 2 fully saturated rings. The van der Waals surface area contributed by atoms with Crippen molar-refractivity contribution in [2.75, 3.05) is 0 Å². The van der Waals surface area contributed by atoms with E-state index in [0.717, 1.165) is 17.8 Å². The Balaban J connectivity index is 1.79. The monoisotopic (exact) mass is 317 g/mol. The molecule has 132 valence electrons. The first kappa shape index (κ1) is 18.8. The molecule has 1 nitrogen and oxygen atoms in total. The van der Waals surface area contributed by atoms with Gasteiger partial charge in [0.2, 0.25) is 0 Å². The molecule has 0 N–H and O–H groups in total. The fraction of sp³-hybridized carbons (Fsp3) is 0.955.